The molecule has 0 saturated heterocycles. The summed E-state index contributed by atoms with van der Waals surface area (Å²) in [5.41, 5.74) is 12.8. The predicted molar refractivity (Wildman–Crippen MR) is 89.0 cm³/mol. The smallest absolute Gasteiger partial charge is 0.270 e. The van der Waals surface area contributed by atoms with Crippen LogP contribution in [0.1, 0.15) is 26.4 Å². The average Bonchev–Trinajstić information content (AvgIpc) is 2.94. The third-order valence-electron chi connectivity index (χ3n) is 3.71. The summed E-state index contributed by atoms with van der Waals surface area (Å²) < 4.78 is 1.62. The largest absolute Gasteiger partial charge is 0.366 e. The molecule has 6 nitrogen and oxygen atoms in total. The zero-order chi connectivity index (χ0) is 16.8. The fourth-order valence-corrected chi connectivity index (χ4v) is 2.45. The Balaban J connectivity index is 2.13. The highest BCUT2D eigenvalue weighted by atomic mass is 16.2. The molecule has 1 heterocycles. The molecule has 0 aliphatic heterocycles. The van der Waals surface area contributed by atoms with Gasteiger partial charge in [0.2, 0.25) is 5.91 Å². The van der Waals surface area contributed by atoms with Gasteiger partial charge in [0.15, 0.2) is 0 Å². The van der Waals surface area contributed by atoms with Gasteiger partial charge >= 0.3 is 0 Å². The Kier molecular flexibility index (Phi) is 5.54. The molecule has 0 aliphatic rings. The third-order valence-corrected chi connectivity index (χ3v) is 3.71. The lowest BCUT2D eigenvalue weighted by Crippen LogP contribution is -2.37. The van der Waals surface area contributed by atoms with Gasteiger partial charge < -0.3 is 20.9 Å². The summed E-state index contributed by atoms with van der Waals surface area (Å²) in [6, 6.07) is 11.5. The van der Waals surface area contributed by atoms with Gasteiger partial charge in [-0.25, -0.2) is 0 Å². The molecule has 0 fully saturated rings. The average molecular weight is 314 g/mol. The van der Waals surface area contributed by atoms with Crippen LogP contribution in [0.4, 0.5) is 0 Å². The van der Waals surface area contributed by atoms with E-state index in [0.29, 0.717) is 30.9 Å². The zero-order valence-corrected chi connectivity index (χ0v) is 13.2. The Morgan fingerprint density at radius 3 is 2.43 bits per heavy atom. The lowest BCUT2D eigenvalue weighted by atomic mass is 10.1. The molecule has 2 aromatic rings. The Morgan fingerprint density at radius 1 is 1.17 bits per heavy atom. The molecule has 4 N–H and O–H groups in total. The number of benzene rings is 1. The molecule has 0 unspecified atom stereocenters. The third kappa shape index (κ3) is 4.20. The first-order valence-electron chi connectivity index (χ1n) is 7.52. The van der Waals surface area contributed by atoms with Crippen molar-refractivity contribution in [3.8, 4) is 0 Å². The first-order valence-corrected chi connectivity index (χ1v) is 7.52. The minimum absolute atomic E-state index is 0.151. The molecule has 2 amide bonds. The molecule has 0 atom stereocenters. The molecular formula is C17H22N4O2. The fourth-order valence-electron chi connectivity index (χ4n) is 2.45. The summed E-state index contributed by atoms with van der Waals surface area (Å²) in [6.07, 6.45) is 2.31. The highest BCUT2D eigenvalue weighted by Crippen LogP contribution is 2.11. The first-order chi connectivity index (χ1) is 11.0. The van der Waals surface area contributed by atoms with Crippen LogP contribution in [0.3, 0.4) is 0 Å². The van der Waals surface area contributed by atoms with Gasteiger partial charge in [-0.1, -0.05) is 30.3 Å². The highest BCUT2D eigenvalue weighted by Gasteiger charge is 2.20. The number of aryl methyl sites for hydroxylation is 1. The monoisotopic (exact) mass is 314 g/mol. The Morgan fingerprint density at radius 2 is 1.87 bits per heavy atom. The van der Waals surface area contributed by atoms with Gasteiger partial charge in [0.25, 0.3) is 5.91 Å². The number of carbonyl (C=O) groups is 2. The van der Waals surface area contributed by atoms with Crippen molar-refractivity contribution in [1.82, 2.24) is 9.47 Å². The summed E-state index contributed by atoms with van der Waals surface area (Å²) in [7, 11) is 1.72. The molecule has 0 bridgehead atoms. The summed E-state index contributed by atoms with van der Waals surface area (Å²) in [4.78, 5) is 25.7. The van der Waals surface area contributed by atoms with Crippen molar-refractivity contribution in [3.05, 3.63) is 59.4 Å². The number of hydrogen-bond donors (Lipinski definition) is 2. The second-order valence-electron chi connectivity index (χ2n) is 5.41. The van der Waals surface area contributed by atoms with E-state index in [1.165, 1.54) is 6.07 Å². The molecule has 1 aromatic carbocycles. The Labute approximate surface area is 135 Å². The van der Waals surface area contributed by atoms with Crippen molar-refractivity contribution in [2.45, 2.75) is 6.42 Å². The minimum atomic E-state index is -0.547. The van der Waals surface area contributed by atoms with Crippen LogP contribution in [-0.2, 0) is 13.5 Å². The van der Waals surface area contributed by atoms with Crippen molar-refractivity contribution in [3.63, 3.8) is 0 Å². The van der Waals surface area contributed by atoms with Crippen molar-refractivity contribution in [2.24, 2.45) is 18.5 Å². The standard InChI is InChI=1S/C17H22N4O2/c1-20-12-14(16(19)22)11-15(20)17(23)21(10-8-18)9-7-13-5-3-2-4-6-13/h2-6,11-12H,7-10,18H2,1H3,(H2,19,22). The van der Waals surface area contributed by atoms with Crippen LogP contribution in [0.2, 0.25) is 0 Å². The van der Waals surface area contributed by atoms with Crippen LogP contribution < -0.4 is 11.5 Å². The number of hydrogen-bond acceptors (Lipinski definition) is 3. The number of aromatic nitrogens is 1. The van der Waals surface area contributed by atoms with E-state index in [0.717, 1.165) is 12.0 Å². The number of nitrogens with zero attached hydrogens (tertiary/aromatic N) is 2. The maximum absolute atomic E-state index is 12.7. The van der Waals surface area contributed by atoms with Gasteiger partial charge in [-0.05, 0) is 18.1 Å². The van der Waals surface area contributed by atoms with Crippen LogP contribution in [0.5, 0.6) is 0 Å². The first kappa shape index (κ1) is 16.8. The second-order valence-corrected chi connectivity index (χ2v) is 5.41. The van der Waals surface area contributed by atoms with E-state index in [-0.39, 0.29) is 5.91 Å². The highest BCUT2D eigenvalue weighted by molar-refractivity contribution is 5.98. The molecule has 2 rings (SSSR count). The lowest BCUT2D eigenvalue weighted by Gasteiger charge is -2.22. The molecular weight excluding hydrogens is 292 g/mol. The molecule has 23 heavy (non-hydrogen) atoms. The van der Waals surface area contributed by atoms with Gasteiger partial charge in [0, 0.05) is 32.9 Å². The molecule has 122 valence electrons. The van der Waals surface area contributed by atoms with Crippen molar-refractivity contribution in [2.75, 3.05) is 19.6 Å². The number of carbonyl (C=O) groups excluding carboxylic acids is 2. The number of amides is 2. The number of rotatable bonds is 7. The summed E-state index contributed by atoms with van der Waals surface area (Å²) >= 11 is 0. The van der Waals surface area contributed by atoms with E-state index in [4.69, 9.17) is 11.5 Å². The Bertz CT molecular complexity index is 679. The number of primary amides is 1. The summed E-state index contributed by atoms with van der Waals surface area (Å²) in [5.74, 6) is -0.698. The molecule has 0 saturated carbocycles. The molecule has 6 heteroatoms. The van der Waals surface area contributed by atoms with Crippen LogP contribution in [0.15, 0.2) is 42.6 Å². The van der Waals surface area contributed by atoms with E-state index >= 15 is 0 Å². The fraction of sp³-hybridized carbons (Fsp3) is 0.294. The van der Waals surface area contributed by atoms with Gasteiger partial charge in [-0.2, -0.15) is 0 Å². The van der Waals surface area contributed by atoms with Gasteiger partial charge in [-0.15, -0.1) is 0 Å². The molecule has 0 spiro atoms. The summed E-state index contributed by atoms with van der Waals surface area (Å²) in [6.45, 7) is 1.41. The maximum atomic E-state index is 12.7. The minimum Gasteiger partial charge on any atom is -0.366 e. The van der Waals surface area contributed by atoms with Crippen molar-refractivity contribution >= 4 is 11.8 Å². The lowest BCUT2D eigenvalue weighted by molar-refractivity contribution is 0.0752. The zero-order valence-electron chi connectivity index (χ0n) is 13.2. The van der Waals surface area contributed by atoms with E-state index in [2.05, 4.69) is 0 Å². The predicted octanol–water partition coefficient (Wildman–Crippen LogP) is 0.768. The normalized spacial score (nSPS) is 10.5. The van der Waals surface area contributed by atoms with Crippen molar-refractivity contribution < 1.29 is 9.59 Å². The molecule has 0 radical (unpaired) electrons. The van der Waals surface area contributed by atoms with Crippen LogP contribution in [-0.4, -0.2) is 40.9 Å². The quantitative estimate of drug-likeness (QED) is 0.790. The maximum Gasteiger partial charge on any atom is 0.270 e. The summed E-state index contributed by atoms with van der Waals surface area (Å²) in [5, 5.41) is 0. The van der Waals surface area contributed by atoms with Crippen molar-refractivity contribution in [1.29, 1.82) is 0 Å². The Hall–Kier alpha value is -2.60. The van der Waals surface area contributed by atoms with E-state index in [1.807, 2.05) is 30.3 Å². The van der Waals surface area contributed by atoms with E-state index in [1.54, 1.807) is 22.7 Å². The van der Waals surface area contributed by atoms with Crippen LogP contribution >= 0.6 is 0 Å². The SMILES string of the molecule is Cn1cc(C(N)=O)cc1C(=O)N(CCN)CCc1ccccc1. The number of nitrogens with two attached hydrogens (primary N) is 2. The molecule has 1 aromatic heterocycles. The molecule has 0 aliphatic carbocycles. The van der Waals surface area contributed by atoms with Gasteiger partial charge in [-0.3, -0.25) is 9.59 Å². The van der Waals surface area contributed by atoms with Crippen LogP contribution in [0, 0.1) is 0 Å². The van der Waals surface area contributed by atoms with Gasteiger partial charge in [0.1, 0.15) is 5.69 Å². The topological polar surface area (TPSA) is 94.3 Å². The van der Waals surface area contributed by atoms with E-state index < -0.39 is 5.91 Å². The van der Waals surface area contributed by atoms with Crippen LogP contribution in [0.25, 0.3) is 0 Å². The van der Waals surface area contributed by atoms with E-state index in [9.17, 15) is 9.59 Å². The van der Waals surface area contributed by atoms with Gasteiger partial charge in [0.05, 0.1) is 5.56 Å². The second kappa shape index (κ2) is 7.60.